The predicted octanol–water partition coefficient (Wildman–Crippen LogP) is 2.53. The standard InChI is InChI=1S/C21H21N3O4/c1-16-4-2-5-19(14-16)27-13-11-22-20(25)15-28-21(26)17-6-8-18(9-7-17)24-12-3-10-23-24/h2-10,12,14H,11,13,15H2,1H3,(H,22,25). The number of carbonyl (C=O) groups excluding carboxylic acids is 2. The predicted molar refractivity (Wildman–Crippen MR) is 104 cm³/mol. The molecular weight excluding hydrogens is 358 g/mol. The van der Waals surface area contributed by atoms with Gasteiger partial charge in [0.15, 0.2) is 6.61 Å². The van der Waals surface area contributed by atoms with Gasteiger partial charge in [-0.05, 0) is 55.0 Å². The van der Waals surface area contributed by atoms with Gasteiger partial charge in [-0.3, -0.25) is 4.79 Å². The van der Waals surface area contributed by atoms with Crippen LogP contribution in [0.4, 0.5) is 0 Å². The van der Waals surface area contributed by atoms with Crippen molar-refractivity contribution in [3.8, 4) is 11.4 Å². The Morgan fingerprint density at radius 1 is 1.11 bits per heavy atom. The topological polar surface area (TPSA) is 82.5 Å². The molecule has 7 nitrogen and oxygen atoms in total. The van der Waals surface area contributed by atoms with Crippen LogP contribution in [0.5, 0.6) is 5.75 Å². The van der Waals surface area contributed by atoms with E-state index in [-0.39, 0.29) is 12.5 Å². The number of carbonyl (C=O) groups is 2. The summed E-state index contributed by atoms with van der Waals surface area (Å²) in [6.07, 6.45) is 3.48. The monoisotopic (exact) mass is 379 g/mol. The summed E-state index contributed by atoms with van der Waals surface area (Å²) >= 11 is 0. The number of aromatic nitrogens is 2. The van der Waals surface area contributed by atoms with Crippen LogP contribution in [0.15, 0.2) is 67.0 Å². The molecule has 1 N–H and O–H groups in total. The van der Waals surface area contributed by atoms with E-state index in [2.05, 4.69) is 10.4 Å². The van der Waals surface area contributed by atoms with E-state index in [0.29, 0.717) is 18.7 Å². The molecule has 0 atom stereocenters. The summed E-state index contributed by atoms with van der Waals surface area (Å²) in [5.74, 6) is -0.188. The second kappa shape index (κ2) is 9.36. The first-order chi connectivity index (χ1) is 13.6. The molecule has 0 aliphatic heterocycles. The zero-order valence-corrected chi connectivity index (χ0v) is 15.5. The van der Waals surface area contributed by atoms with Crippen molar-refractivity contribution >= 4 is 11.9 Å². The third kappa shape index (κ3) is 5.44. The molecule has 7 heteroatoms. The van der Waals surface area contributed by atoms with Gasteiger partial charge in [0.05, 0.1) is 17.8 Å². The minimum Gasteiger partial charge on any atom is -0.492 e. The molecule has 2 aromatic carbocycles. The lowest BCUT2D eigenvalue weighted by molar-refractivity contribution is -0.124. The van der Waals surface area contributed by atoms with Crippen molar-refractivity contribution in [3.63, 3.8) is 0 Å². The number of benzene rings is 2. The molecule has 0 fully saturated rings. The van der Waals surface area contributed by atoms with Gasteiger partial charge in [-0.1, -0.05) is 12.1 Å². The molecule has 0 aliphatic rings. The molecule has 0 saturated heterocycles. The van der Waals surface area contributed by atoms with Gasteiger partial charge in [0, 0.05) is 12.4 Å². The number of nitrogens with one attached hydrogen (secondary N) is 1. The lowest BCUT2D eigenvalue weighted by Crippen LogP contribution is -2.32. The van der Waals surface area contributed by atoms with Gasteiger partial charge in [-0.25, -0.2) is 9.48 Å². The van der Waals surface area contributed by atoms with E-state index in [1.54, 1.807) is 41.3 Å². The number of ether oxygens (including phenoxy) is 2. The normalized spacial score (nSPS) is 10.3. The summed E-state index contributed by atoms with van der Waals surface area (Å²) in [6.45, 7) is 2.29. The number of hydrogen-bond acceptors (Lipinski definition) is 5. The minimum atomic E-state index is -0.557. The van der Waals surface area contributed by atoms with Crippen LogP contribution in [0.2, 0.25) is 0 Å². The molecule has 3 rings (SSSR count). The third-order valence-corrected chi connectivity index (χ3v) is 3.89. The third-order valence-electron chi connectivity index (χ3n) is 3.89. The molecule has 1 aromatic heterocycles. The van der Waals surface area contributed by atoms with Crippen LogP contribution in [0.1, 0.15) is 15.9 Å². The van der Waals surface area contributed by atoms with Crippen molar-refractivity contribution in [1.82, 2.24) is 15.1 Å². The second-order valence-electron chi connectivity index (χ2n) is 6.09. The molecule has 0 radical (unpaired) electrons. The summed E-state index contributed by atoms with van der Waals surface area (Å²) < 4.78 is 12.3. The van der Waals surface area contributed by atoms with Gasteiger partial charge in [-0.15, -0.1) is 0 Å². The van der Waals surface area contributed by atoms with Crippen LogP contribution in [-0.2, 0) is 9.53 Å². The Labute approximate surface area is 162 Å². The van der Waals surface area contributed by atoms with Gasteiger partial charge in [0.2, 0.25) is 0 Å². The van der Waals surface area contributed by atoms with Crippen molar-refractivity contribution in [2.45, 2.75) is 6.92 Å². The highest BCUT2D eigenvalue weighted by Gasteiger charge is 2.10. The Bertz CT molecular complexity index is 921. The lowest BCUT2D eigenvalue weighted by Gasteiger charge is -2.09. The van der Waals surface area contributed by atoms with E-state index in [4.69, 9.17) is 9.47 Å². The number of esters is 1. The fourth-order valence-corrected chi connectivity index (χ4v) is 2.50. The van der Waals surface area contributed by atoms with E-state index >= 15 is 0 Å². The molecule has 0 spiro atoms. The van der Waals surface area contributed by atoms with Crippen molar-refractivity contribution in [3.05, 3.63) is 78.1 Å². The van der Waals surface area contributed by atoms with Gasteiger partial charge in [0.1, 0.15) is 12.4 Å². The summed E-state index contributed by atoms with van der Waals surface area (Å²) in [5.41, 5.74) is 2.30. The van der Waals surface area contributed by atoms with Crippen LogP contribution in [0.3, 0.4) is 0 Å². The fourth-order valence-electron chi connectivity index (χ4n) is 2.50. The Balaban J connectivity index is 1.37. The highest BCUT2D eigenvalue weighted by atomic mass is 16.5. The van der Waals surface area contributed by atoms with Crippen molar-refractivity contribution in [1.29, 1.82) is 0 Å². The first-order valence-electron chi connectivity index (χ1n) is 8.85. The van der Waals surface area contributed by atoms with Crippen LogP contribution in [0.25, 0.3) is 5.69 Å². The van der Waals surface area contributed by atoms with Crippen LogP contribution < -0.4 is 10.1 Å². The van der Waals surface area contributed by atoms with Crippen molar-refractivity contribution in [2.24, 2.45) is 0 Å². The molecule has 3 aromatic rings. The smallest absolute Gasteiger partial charge is 0.338 e. The Hall–Kier alpha value is -3.61. The molecule has 0 aliphatic carbocycles. The quantitative estimate of drug-likeness (QED) is 0.480. The maximum Gasteiger partial charge on any atom is 0.338 e. The Morgan fingerprint density at radius 2 is 1.93 bits per heavy atom. The first-order valence-corrected chi connectivity index (χ1v) is 8.85. The summed E-state index contributed by atoms with van der Waals surface area (Å²) in [7, 11) is 0. The molecule has 1 amide bonds. The summed E-state index contributed by atoms with van der Waals surface area (Å²) in [6, 6.07) is 16.2. The maximum atomic E-state index is 12.0. The van der Waals surface area contributed by atoms with Gasteiger partial charge in [0.25, 0.3) is 5.91 Å². The average molecular weight is 379 g/mol. The SMILES string of the molecule is Cc1cccc(OCCNC(=O)COC(=O)c2ccc(-n3cccn3)cc2)c1. The van der Waals surface area contributed by atoms with E-state index in [1.165, 1.54) is 0 Å². The number of nitrogens with zero attached hydrogens (tertiary/aromatic N) is 2. The summed E-state index contributed by atoms with van der Waals surface area (Å²) in [5, 5.41) is 6.77. The van der Waals surface area contributed by atoms with E-state index < -0.39 is 5.97 Å². The largest absolute Gasteiger partial charge is 0.492 e. The molecule has 0 unspecified atom stereocenters. The number of hydrogen-bond donors (Lipinski definition) is 1. The van der Waals surface area contributed by atoms with Gasteiger partial charge < -0.3 is 14.8 Å². The molecule has 144 valence electrons. The van der Waals surface area contributed by atoms with Crippen molar-refractivity contribution < 1.29 is 19.1 Å². The van der Waals surface area contributed by atoms with Crippen LogP contribution >= 0.6 is 0 Å². The molecule has 1 heterocycles. The molecule has 28 heavy (non-hydrogen) atoms. The molecule has 0 saturated carbocycles. The minimum absolute atomic E-state index is 0.322. The number of amides is 1. The maximum absolute atomic E-state index is 12.0. The number of rotatable bonds is 8. The lowest BCUT2D eigenvalue weighted by atomic mass is 10.2. The molecular formula is C21H21N3O4. The Morgan fingerprint density at radius 3 is 2.64 bits per heavy atom. The Kier molecular flexibility index (Phi) is 6.41. The van der Waals surface area contributed by atoms with Crippen LogP contribution in [0, 0.1) is 6.92 Å². The van der Waals surface area contributed by atoms with Gasteiger partial charge >= 0.3 is 5.97 Å². The van der Waals surface area contributed by atoms with E-state index in [1.807, 2.05) is 37.3 Å². The first kappa shape index (κ1) is 19.2. The highest BCUT2D eigenvalue weighted by molar-refractivity contribution is 5.91. The average Bonchev–Trinajstić information content (AvgIpc) is 3.24. The van der Waals surface area contributed by atoms with E-state index in [0.717, 1.165) is 17.0 Å². The van der Waals surface area contributed by atoms with Crippen LogP contribution in [-0.4, -0.2) is 41.4 Å². The summed E-state index contributed by atoms with van der Waals surface area (Å²) in [4.78, 5) is 23.8. The van der Waals surface area contributed by atoms with Gasteiger partial charge in [-0.2, -0.15) is 5.10 Å². The van der Waals surface area contributed by atoms with Crippen molar-refractivity contribution in [2.75, 3.05) is 19.8 Å². The zero-order valence-electron chi connectivity index (χ0n) is 15.5. The fraction of sp³-hybridized carbons (Fsp3) is 0.190. The second-order valence-corrected chi connectivity index (χ2v) is 6.09. The van der Waals surface area contributed by atoms with E-state index in [9.17, 15) is 9.59 Å². The number of aryl methyl sites for hydroxylation is 1. The zero-order chi connectivity index (χ0) is 19.8. The highest BCUT2D eigenvalue weighted by Crippen LogP contribution is 2.12. The molecule has 0 bridgehead atoms.